The molecule has 0 spiro atoms. The van der Waals surface area contributed by atoms with Crippen molar-refractivity contribution in [3.05, 3.63) is 52.2 Å². The molecule has 2 heterocycles. The third-order valence-corrected chi connectivity index (χ3v) is 4.99. The summed E-state index contributed by atoms with van der Waals surface area (Å²) in [5.41, 5.74) is 1.83. The van der Waals surface area contributed by atoms with E-state index in [-0.39, 0.29) is 12.3 Å². The Morgan fingerprint density at radius 2 is 2.00 bits per heavy atom. The number of aryl methyl sites for hydroxylation is 1. The lowest BCUT2D eigenvalue weighted by Gasteiger charge is -2.41. The molecule has 1 aliphatic heterocycles. The fourth-order valence-electron chi connectivity index (χ4n) is 2.93. The smallest absolute Gasteiger partial charge is 0.227 e. The highest BCUT2D eigenvalue weighted by Gasteiger charge is 2.38. The summed E-state index contributed by atoms with van der Waals surface area (Å²) in [5, 5.41) is 13.5. The molecule has 2 aromatic rings. The van der Waals surface area contributed by atoms with Gasteiger partial charge in [0.05, 0.1) is 6.04 Å². The van der Waals surface area contributed by atoms with Gasteiger partial charge in [-0.25, -0.2) is 0 Å². The molecular formula is C17H16NO3S-. The van der Waals surface area contributed by atoms with Gasteiger partial charge in [0.25, 0.3) is 0 Å². The van der Waals surface area contributed by atoms with Crippen molar-refractivity contribution in [2.24, 2.45) is 5.92 Å². The van der Waals surface area contributed by atoms with Crippen molar-refractivity contribution in [1.29, 1.82) is 0 Å². The first kappa shape index (κ1) is 14.8. The van der Waals surface area contributed by atoms with E-state index in [1.165, 1.54) is 11.3 Å². The number of piperidine rings is 1. The SMILES string of the molecule is Cc1ccc(N2C(=O)CC[C@@H](C(=O)[O-])[C@H]2c2cccs2)cc1. The van der Waals surface area contributed by atoms with E-state index in [1.807, 2.05) is 48.7 Å². The van der Waals surface area contributed by atoms with E-state index < -0.39 is 17.9 Å². The molecular weight excluding hydrogens is 298 g/mol. The quantitative estimate of drug-likeness (QED) is 0.873. The lowest BCUT2D eigenvalue weighted by Crippen LogP contribution is -2.48. The number of carbonyl (C=O) groups is 2. The highest BCUT2D eigenvalue weighted by Crippen LogP contribution is 2.41. The molecule has 2 atom stereocenters. The predicted molar refractivity (Wildman–Crippen MR) is 83.5 cm³/mol. The molecule has 1 aliphatic rings. The van der Waals surface area contributed by atoms with Crippen LogP contribution in [0.25, 0.3) is 0 Å². The molecule has 1 amide bonds. The zero-order chi connectivity index (χ0) is 15.7. The molecule has 4 nitrogen and oxygen atoms in total. The summed E-state index contributed by atoms with van der Waals surface area (Å²) in [6.45, 7) is 1.97. The second-order valence-electron chi connectivity index (χ2n) is 5.52. The Morgan fingerprint density at radius 1 is 1.27 bits per heavy atom. The third-order valence-electron chi connectivity index (χ3n) is 4.05. The monoisotopic (exact) mass is 314 g/mol. The predicted octanol–water partition coefficient (Wildman–Crippen LogP) is 2.29. The minimum atomic E-state index is -1.09. The molecule has 1 saturated heterocycles. The average Bonchev–Trinajstić information content (AvgIpc) is 3.01. The van der Waals surface area contributed by atoms with E-state index in [0.717, 1.165) is 16.1 Å². The molecule has 5 heteroatoms. The van der Waals surface area contributed by atoms with Crippen molar-refractivity contribution in [3.63, 3.8) is 0 Å². The summed E-state index contributed by atoms with van der Waals surface area (Å²) in [6, 6.07) is 10.8. The number of anilines is 1. The van der Waals surface area contributed by atoms with Crippen LogP contribution >= 0.6 is 11.3 Å². The van der Waals surface area contributed by atoms with Gasteiger partial charge in [-0.2, -0.15) is 0 Å². The van der Waals surface area contributed by atoms with Gasteiger partial charge < -0.3 is 14.8 Å². The number of rotatable bonds is 3. The van der Waals surface area contributed by atoms with Gasteiger partial charge in [0.15, 0.2) is 0 Å². The van der Waals surface area contributed by atoms with Crippen LogP contribution in [0.3, 0.4) is 0 Å². The average molecular weight is 314 g/mol. The van der Waals surface area contributed by atoms with Gasteiger partial charge in [0, 0.05) is 28.9 Å². The number of hydrogen-bond acceptors (Lipinski definition) is 4. The van der Waals surface area contributed by atoms with E-state index in [1.54, 1.807) is 4.90 Å². The van der Waals surface area contributed by atoms with Crippen LogP contribution in [0.2, 0.25) is 0 Å². The molecule has 0 N–H and O–H groups in total. The van der Waals surface area contributed by atoms with Gasteiger partial charge >= 0.3 is 0 Å². The summed E-state index contributed by atoms with van der Waals surface area (Å²) >= 11 is 1.47. The number of thiophene rings is 1. The van der Waals surface area contributed by atoms with Gasteiger partial charge in [0.1, 0.15) is 0 Å². The van der Waals surface area contributed by atoms with Crippen LogP contribution < -0.4 is 10.0 Å². The number of hydrogen-bond donors (Lipinski definition) is 0. The summed E-state index contributed by atoms with van der Waals surface area (Å²) in [4.78, 5) is 26.5. The van der Waals surface area contributed by atoms with Crippen molar-refractivity contribution in [2.45, 2.75) is 25.8 Å². The first-order valence-electron chi connectivity index (χ1n) is 7.21. The number of nitrogens with zero attached hydrogens (tertiary/aromatic N) is 1. The van der Waals surface area contributed by atoms with Gasteiger partial charge in [-0.15, -0.1) is 11.3 Å². The van der Waals surface area contributed by atoms with E-state index in [9.17, 15) is 14.7 Å². The number of aliphatic carboxylic acids is 1. The van der Waals surface area contributed by atoms with E-state index in [0.29, 0.717) is 6.42 Å². The first-order chi connectivity index (χ1) is 10.6. The number of carboxylic acids is 1. The molecule has 114 valence electrons. The molecule has 0 unspecified atom stereocenters. The fourth-order valence-corrected chi connectivity index (χ4v) is 3.81. The second-order valence-corrected chi connectivity index (χ2v) is 6.50. The lowest BCUT2D eigenvalue weighted by atomic mass is 9.87. The second kappa shape index (κ2) is 5.93. The Kier molecular flexibility index (Phi) is 3.98. The Balaban J connectivity index is 2.07. The van der Waals surface area contributed by atoms with Crippen LogP contribution in [-0.4, -0.2) is 11.9 Å². The van der Waals surface area contributed by atoms with E-state index in [4.69, 9.17) is 0 Å². The molecule has 1 fully saturated rings. The fraction of sp³-hybridized carbons (Fsp3) is 0.294. The summed E-state index contributed by atoms with van der Waals surface area (Å²) < 4.78 is 0. The molecule has 0 aliphatic carbocycles. The van der Waals surface area contributed by atoms with Crippen LogP contribution in [0.1, 0.15) is 29.3 Å². The van der Waals surface area contributed by atoms with E-state index in [2.05, 4.69) is 0 Å². The molecule has 3 rings (SSSR count). The molecule has 0 saturated carbocycles. The number of benzene rings is 1. The van der Waals surface area contributed by atoms with Crippen molar-refractivity contribution >= 4 is 28.9 Å². The van der Waals surface area contributed by atoms with Crippen molar-refractivity contribution in [3.8, 4) is 0 Å². The summed E-state index contributed by atoms with van der Waals surface area (Å²) in [5.74, 6) is -1.82. The van der Waals surface area contributed by atoms with E-state index >= 15 is 0 Å². The van der Waals surface area contributed by atoms with Crippen molar-refractivity contribution in [2.75, 3.05) is 4.90 Å². The highest BCUT2D eigenvalue weighted by atomic mass is 32.1. The highest BCUT2D eigenvalue weighted by molar-refractivity contribution is 7.10. The standard InChI is InChI=1S/C17H17NO3S/c1-11-4-6-12(7-5-11)18-15(19)9-8-13(17(20)21)16(18)14-3-2-10-22-14/h2-7,10,13,16H,8-9H2,1H3,(H,20,21)/p-1/t13-,16+/m1/s1. The Morgan fingerprint density at radius 3 is 2.59 bits per heavy atom. The van der Waals surface area contributed by atoms with Crippen LogP contribution in [0.4, 0.5) is 5.69 Å². The van der Waals surface area contributed by atoms with Crippen molar-refractivity contribution < 1.29 is 14.7 Å². The minimum Gasteiger partial charge on any atom is -0.550 e. The Bertz CT molecular complexity index is 678. The van der Waals surface area contributed by atoms with Crippen molar-refractivity contribution in [1.82, 2.24) is 0 Å². The van der Waals surface area contributed by atoms with Crippen LogP contribution in [0, 0.1) is 12.8 Å². The normalized spacial score (nSPS) is 21.9. The third kappa shape index (κ3) is 2.64. The zero-order valence-corrected chi connectivity index (χ0v) is 13.0. The number of carbonyl (C=O) groups excluding carboxylic acids is 2. The van der Waals surface area contributed by atoms with Crippen LogP contribution in [-0.2, 0) is 9.59 Å². The molecule has 1 aromatic carbocycles. The molecule has 1 aromatic heterocycles. The lowest BCUT2D eigenvalue weighted by molar-refractivity contribution is -0.312. The van der Waals surface area contributed by atoms with Gasteiger partial charge in [0.2, 0.25) is 5.91 Å². The Labute approximate surface area is 133 Å². The largest absolute Gasteiger partial charge is 0.550 e. The maximum Gasteiger partial charge on any atom is 0.227 e. The molecule has 22 heavy (non-hydrogen) atoms. The maximum absolute atomic E-state index is 12.5. The number of carboxylic acid groups (broad SMARTS) is 1. The molecule has 0 radical (unpaired) electrons. The first-order valence-corrected chi connectivity index (χ1v) is 8.09. The minimum absolute atomic E-state index is 0.0419. The van der Waals surface area contributed by atoms with Gasteiger partial charge in [-0.3, -0.25) is 4.79 Å². The maximum atomic E-state index is 12.5. The van der Waals surface area contributed by atoms with Gasteiger partial charge in [-0.05, 0) is 36.9 Å². The molecule has 0 bridgehead atoms. The Hall–Kier alpha value is -2.14. The van der Waals surface area contributed by atoms with Crippen LogP contribution in [0.15, 0.2) is 41.8 Å². The topological polar surface area (TPSA) is 60.4 Å². The zero-order valence-electron chi connectivity index (χ0n) is 12.2. The van der Waals surface area contributed by atoms with Crippen LogP contribution in [0.5, 0.6) is 0 Å². The number of amides is 1. The van der Waals surface area contributed by atoms with Gasteiger partial charge in [-0.1, -0.05) is 23.8 Å². The summed E-state index contributed by atoms with van der Waals surface area (Å²) in [6.07, 6.45) is 0.556. The summed E-state index contributed by atoms with van der Waals surface area (Å²) in [7, 11) is 0.